The molecule has 150 valence electrons. The number of hydrogen-bond acceptors (Lipinski definition) is 6. The maximum atomic E-state index is 12.2. The fourth-order valence-electron chi connectivity index (χ4n) is 1.66. The van der Waals surface area contributed by atoms with Crippen molar-refractivity contribution in [2.24, 2.45) is 10.8 Å². The third-order valence-corrected chi connectivity index (χ3v) is 3.82. The van der Waals surface area contributed by atoms with Crippen LogP contribution in [0.2, 0.25) is 0 Å². The van der Waals surface area contributed by atoms with E-state index in [2.05, 4.69) is 0 Å². The van der Waals surface area contributed by atoms with E-state index in [-0.39, 0.29) is 26.4 Å². The van der Waals surface area contributed by atoms with Gasteiger partial charge in [-0.25, -0.2) is 9.59 Å². The van der Waals surface area contributed by atoms with Crippen LogP contribution in [0.5, 0.6) is 0 Å². The smallest absolute Gasteiger partial charge is 0.334 e. The van der Waals surface area contributed by atoms with Crippen LogP contribution in [0, 0.1) is 10.8 Å². The number of allylic oxidation sites excluding steroid dienone is 2. The molecule has 0 aliphatic heterocycles. The number of hydrogen-bond donors (Lipinski definition) is 2. The highest BCUT2D eigenvalue weighted by atomic mass is 16.5. The van der Waals surface area contributed by atoms with Crippen LogP contribution in [0.25, 0.3) is 0 Å². The Morgan fingerprint density at radius 1 is 0.769 bits per heavy atom. The Kier molecular flexibility index (Phi) is 10.4. The summed E-state index contributed by atoms with van der Waals surface area (Å²) in [5.41, 5.74) is -0.119. The summed E-state index contributed by atoms with van der Waals surface area (Å²) in [6.07, 6.45) is 4.06. The van der Waals surface area contributed by atoms with Crippen molar-refractivity contribution in [3.8, 4) is 0 Å². The molecule has 0 radical (unpaired) electrons. The second-order valence-corrected chi connectivity index (χ2v) is 7.89. The molecular formula is C20H34O6. The van der Waals surface area contributed by atoms with Gasteiger partial charge in [-0.2, -0.15) is 0 Å². The average Bonchev–Trinajstić information content (AvgIpc) is 2.61. The minimum absolute atomic E-state index is 0.0820. The molecule has 0 aromatic carbocycles. The average molecular weight is 370 g/mol. The number of rotatable bonds is 11. The zero-order chi connectivity index (χ0) is 20.4. The van der Waals surface area contributed by atoms with E-state index in [9.17, 15) is 19.8 Å². The first-order valence-electron chi connectivity index (χ1n) is 8.97. The Morgan fingerprint density at radius 2 is 1.08 bits per heavy atom. The van der Waals surface area contributed by atoms with Gasteiger partial charge in [0.1, 0.15) is 0 Å². The molecule has 0 unspecified atom stereocenters. The maximum absolute atomic E-state index is 12.2. The lowest BCUT2D eigenvalue weighted by atomic mass is 9.96. The monoisotopic (exact) mass is 370 g/mol. The number of carbonyl (C=O) groups excluding carboxylic acids is 2. The van der Waals surface area contributed by atoms with Crippen LogP contribution in [0.4, 0.5) is 0 Å². The first-order valence-corrected chi connectivity index (χ1v) is 8.97. The molecule has 0 aliphatic carbocycles. The molecule has 0 atom stereocenters. The van der Waals surface area contributed by atoms with Crippen molar-refractivity contribution >= 4 is 11.9 Å². The predicted octanol–water partition coefficient (Wildman–Crippen LogP) is 2.78. The topological polar surface area (TPSA) is 93.1 Å². The van der Waals surface area contributed by atoms with Gasteiger partial charge in [-0.15, -0.1) is 0 Å². The molecule has 0 aromatic rings. The van der Waals surface area contributed by atoms with Crippen LogP contribution < -0.4 is 0 Å². The van der Waals surface area contributed by atoms with Gasteiger partial charge in [-0.3, -0.25) is 0 Å². The van der Waals surface area contributed by atoms with Gasteiger partial charge >= 0.3 is 11.9 Å². The van der Waals surface area contributed by atoms with E-state index in [1.54, 1.807) is 39.8 Å². The summed E-state index contributed by atoms with van der Waals surface area (Å²) in [7, 11) is 0. The molecule has 0 fully saturated rings. The first kappa shape index (κ1) is 24.3. The Bertz CT molecular complexity index is 480. The second-order valence-electron chi connectivity index (χ2n) is 7.89. The van der Waals surface area contributed by atoms with Gasteiger partial charge in [-0.1, -0.05) is 53.7 Å². The lowest BCUT2D eigenvalue weighted by Crippen LogP contribution is -2.26. The number of aliphatic hydroxyl groups is 2. The molecule has 26 heavy (non-hydrogen) atoms. The van der Waals surface area contributed by atoms with Crippen LogP contribution in [-0.2, 0) is 19.1 Å². The van der Waals surface area contributed by atoms with Gasteiger partial charge in [0.05, 0.1) is 26.4 Å². The van der Waals surface area contributed by atoms with Crippen LogP contribution in [0.1, 0.15) is 54.4 Å². The van der Waals surface area contributed by atoms with Crippen molar-refractivity contribution in [3.63, 3.8) is 0 Å². The highest BCUT2D eigenvalue weighted by Gasteiger charge is 2.21. The Morgan fingerprint density at radius 3 is 1.31 bits per heavy atom. The molecule has 0 spiro atoms. The van der Waals surface area contributed by atoms with Gasteiger partial charge in [0, 0.05) is 22.0 Å². The number of esters is 2. The van der Waals surface area contributed by atoms with Gasteiger partial charge in [0.15, 0.2) is 0 Å². The Balaban J connectivity index is 5.01. The molecular weight excluding hydrogens is 336 g/mol. The van der Waals surface area contributed by atoms with E-state index in [0.29, 0.717) is 24.0 Å². The van der Waals surface area contributed by atoms with E-state index < -0.39 is 22.8 Å². The summed E-state index contributed by atoms with van der Waals surface area (Å²) in [5.74, 6) is -0.925. The molecule has 0 aromatic heterocycles. The van der Waals surface area contributed by atoms with Crippen molar-refractivity contribution in [3.05, 3.63) is 23.3 Å². The summed E-state index contributed by atoms with van der Waals surface area (Å²) >= 11 is 0. The van der Waals surface area contributed by atoms with Crippen LogP contribution >= 0.6 is 0 Å². The van der Waals surface area contributed by atoms with Crippen molar-refractivity contribution in [2.75, 3.05) is 26.4 Å². The number of ether oxygens (including phenoxy) is 2. The first-order chi connectivity index (χ1) is 12.0. The van der Waals surface area contributed by atoms with Crippen molar-refractivity contribution in [1.29, 1.82) is 0 Å². The summed E-state index contributed by atoms with van der Waals surface area (Å²) < 4.78 is 10.5. The van der Waals surface area contributed by atoms with Crippen LogP contribution in [0.3, 0.4) is 0 Å². The summed E-state index contributed by atoms with van der Waals surface area (Å²) in [6.45, 7) is 10.9. The molecule has 0 rings (SSSR count). The van der Waals surface area contributed by atoms with Gasteiger partial charge in [-0.05, 0) is 12.8 Å². The molecule has 0 heterocycles. The predicted molar refractivity (Wildman–Crippen MR) is 100 cm³/mol. The lowest BCUT2D eigenvalue weighted by molar-refractivity contribution is -0.143. The van der Waals surface area contributed by atoms with E-state index in [1.165, 1.54) is 0 Å². The zero-order valence-electron chi connectivity index (χ0n) is 16.9. The summed E-state index contributed by atoms with van der Waals surface area (Å²) in [5, 5.41) is 18.4. The highest BCUT2D eigenvalue weighted by Crippen LogP contribution is 2.17. The van der Waals surface area contributed by atoms with Crippen LogP contribution in [0.15, 0.2) is 23.3 Å². The van der Waals surface area contributed by atoms with Crippen molar-refractivity contribution in [2.45, 2.75) is 54.4 Å². The molecule has 2 N–H and O–H groups in total. The molecule has 0 saturated heterocycles. The highest BCUT2D eigenvalue weighted by molar-refractivity contribution is 5.91. The molecule has 6 nitrogen and oxygen atoms in total. The van der Waals surface area contributed by atoms with E-state index >= 15 is 0 Å². The van der Waals surface area contributed by atoms with E-state index in [4.69, 9.17) is 9.47 Å². The minimum atomic E-state index is -0.498. The molecule has 0 amide bonds. The Hall–Kier alpha value is -1.66. The van der Waals surface area contributed by atoms with Gasteiger partial charge in [0.2, 0.25) is 0 Å². The molecule has 0 aliphatic rings. The standard InChI is InChI=1S/C20H34O6/c1-7-15(17(23)25-13-19(3,4)11-21)9-10-16(8-2)18(24)26-14-20(5,6)12-22/h9-10,21-22H,7-8,11-14H2,1-6H3/b15-9+,16-10+. The summed E-state index contributed by atoms with van der Waals surface area (Å²) in [6, 6.07) is 0. The normalized spacial score (nSPS) is 13.5. The largest absolute Gasteiger partial charge is 0.462 e. The maximum Gasteiger partial charge on any atom is 0.334 e. The number of carbonyl (C=O) groups is 2. The minimum Gasteiger partial charge on any atom is -0.462 e. The van der Waals surface area contributed by atoms with Gasteiger partial charge < -0.3 is 19.7 Å². The Labute approximate surface area is 156 Å². The van der Waals surface area contributed by atoms with Gasteiger partial charge in [0.25, 0.3) is 0 Å². The van der Waals surface area contributed by atoms with Crippen molar-refractivity contribution < 1.29 is 29.3 Å². The van der Waals surface area contributed by atoms with E-state index in [0.717, 1.165) is 0 Å². The quantitative estimate of drug-likeness (QED) is 0.330. The number of aliphatic hydroxyl groups excluding tert-OH is 2. The van der Waals surface area contributed by atoms with Crippen molar-refractivity contribution in [1.82, 2.24) is 0 Å². The SMILES string of the molecule is CC/C(=C\C=C(/CC)C(=O)OCC(C)(C)CO)C(=O)OCC(C)(C)CO. The lowest BCUT2D eigenvalue weighted by Gasteiger charge is -2.21. The second kappa shape index (κ2) is 11.1. The van der Waals surface area contributed by atoms with E-state index in [1.807, 2.05) is 13.8 Å². The fourth-order valence-corrected chi connectivity index (χ4v) is 1.66. The zero-order valence-corrected chi connectivity index (χ0v) is 16.9. The molecule has 0 saturated carbocycles. The molecule has 0 bridgehead atoms. The third-order valence-electron chi connectivity index (χ3n) is 3.82. The third kappa shape index (κ3) is 9.15. The van der Waals surface area contributed by atoms with Crippen LogP contribution in [-0.4, -0.2) is 48.6 Å². The summed E-state index contributed by atoms with van der Waals surface area (Å²) in [4.78, 5) is 24.3. The fraction of sp³-hybridized carbons (Fsp3) is 0.700. The molecule has 6 heteroatoms.